The molecule has 24 heavy (non-hydrogen) atoms. The van der Waals surface area contributed by atoms with Gasteiger partial charge >= 0.3 is 0 Å². The van der Waals surface area contributed by atoms with Crippen LogP contribution in [0.1, 0.15) is 22.3 Å². The van der Waals surface area contributed by atoms with Gasteiger partial charge in [-0.2, -0.15) is 10.2 Å². The highest BCUT2D eigenvalue weighted by molar-refractivity contribution is 6.07. The number of para-hydroxylation sites is 1. The van der Waals surface area contributed by atoms with E-state index < -0.39 is 0 Å². The van der Waals surface area contributed by atoms with Gasteiger partial charge in [0.25, 0.3) is 5.91 Å². The van der Waals surface area contributed by atoms with Crippen LogP contribution >= 0.6 is 0 Å². The molecule has 0 aliphatic carbocycles. The van der Waals surface area contributed by atoms with Gasteiger partial charge in [-0.15, -0.1) is 0 Å². The van der Waals surface area contributed by atoms with Crippen molar-refractivity contribution in [2.45, 2.75) is 12.8 Å². The van der Waals surface area contributed by atoms with E-state index in [0.29, 0.717) is 11.3 Å². The number of rotatable bonds is 2. The molecular weight excluding hydrogens is 298 g/mol. The number of anilines is 1. The van der Waals surface area contributed by atoms with Gasteiger partial charge in [-0.1, -0.05) is 48.5 Å². The molecule has 118 valence electrons. The number of aromatic nitrogens is 2. The first-order valence-corrected chi connectivity index (χ1v) is 8.11. The number of fused-ring (bicyclic) bond motifs is 1. The topological polar surface area (TPSA) is 46.1 Å². The lowest BCUT2D eigenvalue weighted by Crippen LogP contribution is -2.35. The average molecular weight is 315 g/mol. The first-order chi connectivity index (χ1) is 11.8. The lowest BCUT2D eigenvalue weighted by atomic mass is 10.0. The Morgan fingerprint density at radius 1 is 1.00 bits per heavy atom. The second-order valence-electron chi connectivity index (χ2n) is 5.88. The first kappa shape index (κ1) is 14.6. The second-order valence-corrected chi connectivity index (χ2v) is 5.88. The summed E-state index contributed by atoms with van der Waals surface area (Å²) in [6.45, 7) is 0.735. The third-order valence-electron chi connectivity index (χ3n) is 4.33. The van der Waals surface area contributed by atoms with Crippen molar-refractivity contribution in [3.63, 3.8) is 0 Å². The van der Waals surface area contributed by atoms with E-state index >= 15 is 0 Å². The maximum atomic E-state index is 13.0. The molecule has 2 heterocycles. The molecule has 4 rings (SSSR count). The Morgan fingerprint density at radius 2 is 1.79 bits per heavy atom. The molecule has 3 aromatic rings. The molecule has 1 aliphatic rings. The van der Waals surface area contributed by atoms with Crippen LogP contribution in [0.15, 0.2) is 66.9 Å². The van der Waals surface area contributed by atoms with E-state index in [2.05, 4.69) is 16.3 Å². The maximum absolute atomic E-state index is 13.0. The van der Waals surface area contributed by atoms with Crippen molar-refractivity contribution in [1.29, 1.82) is 0 Å². The summed E-state index contributed by atoms with van der Waals surface area (Å²) in [5, 5.41) is 8.20. The lowest BCUT2D eigenvalue weighted by Gasteiger charge is -2.29. The molecule has 1 aliphatic heterocycles. The highest BCUT2D eigenvalue weighted by Gasteiger charge is 2.23. The van der Waals surface area contributed by atoms with E-state index in [1.54, 1.807) is 6.20 Å². The summed E-state index contributed by atoms with van der Waals surface area (Å²) in [5.74, 6) is -0.0192. The molecular formula is C20H17N3O. The predicted molar refractivity (Wildman–Crippen MR) is 93.9 cm³/mol. The van der Waals surface area contributed by atoms with Crippen LogP contribution in [0.2, 0.25) is 0 Å². The smallest absolute Gasteiger partial charge is 0.259 e. The van der Waals surface area contributed by atoms with Crippen molar-refractivity contribution in [3.8, 4) is 11.3 Å². The maximum Gasteiger partial charge on any atom is 0.259 e. The molecule has 4 nitrogen and oxygen atoms in total. The van der Waals surface area contributed by atoms with Crippen molar-refractivity contribution in [2.24, 2.45) is 0 Å². The monoisotopic (exact) mass is 315 g/mol. The van der Waals surface area contributed by atoms with E-state index in [0.717, 1.165) is 30.6 Å². The van der Waals surface area contributed by atoms with E-state index in [1.165, 1.54) is 5.56 Å². The molecule has 0 unspecified atom stereocenters. The van der Waals surface area contributed by atoms with Crippen LogP contribution < -0.4 is 4.90 Å². The quantitative estimate of drug-likeness (QED) is 0.724. The third-order valence-corrected chi connectivity index (χ3v) is 4.33. The molecule has 1 aromatic heterocycles. The minimum Gasteiger partial charge on any atom is -0.308 e. The van der Waals surface area contributed by atoms with Gasteiger partial charge in [0.1, 0.15) is 0 Å². The number of amides is 1. The van der Waals surface area contributed by atoms with E-state index in [-0.39, 0.29) is 5.91 Å². The van der Waals surface area contributed by atoms with Gasteiger partial charge in [-0.05, 0) is 30.5 Å². The zero-order valence-corrected chi connectivity index (χ0v) is 13.2. The van der Waals surface area contributed by atoms with Crippen molar-refractivity contribution in [3.05, 3.63) is 78.0 Å². The first-order valence-electron chi connectivity index (χ1n) is 8.11. The van der Waals surface area contributed by atoms with Gasteiger partial charge in [-0.25, -0.2) is 0 Å². The SMILES string of the molecule is O=C(c1cnnc(-c2ccccc2)c1)N1CCCc2ccccc21. The van der Waals surface area contributed by atoms with E-state index in [9.17, 15) is 4.79 Å². The molecule has 4 heteroatoms. The Kier molecular flexibility index (Phi) is 3.79. The lowest BCUT2D eigenvalue weighted by molar-refractivity contribution is 0.0984. The van der Waals surface area contributed by atoms with Crippen LogP contribution in [0.3, 0.4) is 0 Å². The van der Waals surface area contributed by atoms with Crippen LogP contribution in [0.5, 0.6) is 0 Å². The summed E-state index contributed by atoms with van der Waals surface area (Å²) in [5.41, 5.74) is 4.47. The molecule has 0 bridgehead atoms. The van der Waals surface area contributed by atoms with Gasteiger partial charge in [0.05, 0.1) is 17.5 Å². The molecule has 0 saturated heterocycles. The summed E-state index contributed by atoms with van der Waals surface area (Å²) in [4.78, 5) is 14.9. The third kappa shape index (κ3) is 2.67. The van der Waals surface area contributed by atoms with Gasteiger partial charge in [0.15, 0.2) is 0 Å². The largest absolute Gasteiger partial charge is 0.308 e. The van der Waals surface area contributed by atoms with Crippen LogP contribution in [0, 0.1) is 0 Å². The molecule has 2 aromatic carbocycles. The zero-order valence-electron chi connectivity index (χ0n) is 13.2. The standard InChI is InChI=1S/C20H17N3O/c24-20(23-12-6-10-16-9-4-5-11-19(16)23)17-13-18(22-21-14-17)15-7-2-1-3-8-15/h1-5,7-9,11,13-14H,6,10,12H2. The van der Waals surface area contributed by atoms with Crippen LogP contribution in [0.4, 0.5) is 5.69 Å². The van der Waals surface area contributed by atoms with Gasteiger partial charge in [0.2, 0.25) is 0 Å². The van der Waals surface area contributed by atoms with Crippen molar-refractivity contribution >= 4 is 11.6 Å². The second kappa shape index (κ2) is 6.24. The Morgan fingerprint density at radius 3 is 2.67 bits per heavy atom. The molecule has 0 atom stereocenters. The molecule has 0 saturated carbocycles. The summed E-state index contributed by atoms with van der Waals surface area (Å²) in [6, 6.07) is 19.7. The molecule has 0 fully saturated rings. The number of nitrogens with zero attached hydrogens (tertiary/aromatic N) is 3. The normalized spacial score (nSPS) is 13.4. The Balaban J connectivity index is 1.69. The number of carbonyl (C=O) groups excluding carboxylic acids is 1. The van der Waals surface area contributed by atoms with Gasteiger partial charge in [-0.3, -0.25) is 4.79 Å². The van der Waals surface area contributed by atoms with Gasteiger partial charge < -0.3 is 4.90 Å². The van der Waals surface area contributed by atoms with E-state index in [1.807, 2.05) is 59.5 Å². The highest BCUT2D eigenvalue weighted by atomic mass is 16.2. The summed E-state index contributed by atoms with van der Waals surface area (Å²) in [6.07, 6.45) is 3.54. The molecule has 0 radical (unpaired) electrons. The summed E-state index contributed by atoms with van der Waals surface area (Å²) < 4.78 is 0. The van der Waals surface area contributed by atoms with Crippen LogP contribution in [0.25, 0.3) is 11.3 Å². The fourth-order valence-electron chi connectivity index (χ4n) is 3.13. The average Bonchev–Trinajstić information content (AvgIpc) is 2.68. The number of hydrogen-bond acceptors (Lipinski definition) is 3. The summed E-state index contributed by atoms with van der Waals surface area (Å²) in [7, 11) is 0. The minimum atomic E-state index is -0.0192. The Hall–Kier alpha value is -3.01. The Labute approximate surface area is 140 Å². The van der Waals surface area contributed by atoms with Crippen LogP contribution in [-0.2, 0) is 6.42 Å². The number of hydrogen-bond donors (Lipinski definition) is 0. The predicted octanol–water partition coefficient (Wildman–Crippen LogP) is 3.74. The number of aryl methyl sites for hydroxylation is 1. The fraction of sp³-hybridized carbons (Fsp3) is 0.150. The van der Waals surface area contributed by atoms with Crippen molar-refractivity contribution < 1.29 is 4.79 Å². The Bertz CT molecular complexity index is 877. The number of carbonyl (C=O) groups is 1. The fourth-order valence-corrected chi connectivity index (χ4v) is 3.13. The molecule has 0 N–H and O–H groups in total. The minimum absolute atomic E-state index is 0.0192. The van der Waals surface area contributed by atoms with Gasteiger partial charge in [0, 0.05) is 17.8 Å². The molecule has 0 spiro atoms. The van der Waals surface area contributed by atoms with Crippen molar-refractivity contribution in [2.75, 3.05) is 11.4 Å². The summed E-state index contributed by atoms with van der Waals surface area (Å²) >= 11 is 0. The van der Waals surface area contributed by atoms with E-state index in [4.69, 9.17) is 0 Å². The van der Waals surface area contributed by atoms with Crippen molar-refractivity contribution in [1.82, 2.24) is 10.2 Å². The molecule has 1 amide bonds. The zero-order chi connectivity index (χ0) is 16.4. The van der Waals surface area contributed by atoms with Crippen LogP contribution in [-0.4, -0.2) is 22.6 Å². The highest BCUT2D eigenvalue weighted by Crippen LogP contribution is 2.28. The number of benzene rings is 2.